The maximum absolute atomic E-state index is 11.6. The van der Waals surface area contributed by atoms with Gasteiger partial charge in [-0.1, -0.05) is 18.2 Å². The highest BCUT2D eigenvalue weighted by molar-refractivity contribution is 7.07. The fourth-order valence-corrected chi connectivity index (χ4v) is 2.30. The number of ether oxygens (including phenoxy) is 1. The van der Waals surface area contributed by atoms with Crippen LogP contribution in [0.5, 0.6) is 0 Å². The Morgan fingerprint density at radius 1 is 1.30 bits per heavy atom. The second kappa shape index (κ2) is 6.81. The molecule has 1 heterocycles. The fourth-order valence-electron chi connectivity index (χ4n) is 1.71. The summed E-state index contributed by atoms with van der Waals surface area (Å²) in [7, 11) is 0. The van der Waals surface area contributed by atoms with Crippen LogP contribution in [-0.4, -0.2) is 16.9 Å². The third-order valence-corrected chi connectivity index (χ3v) is 3.38. The molecule has 0 aliphatic heterocycles. The molecule has 104 valence electrons. The standard InChI is InChI=1S/C14H14N2O3S/c15-14(18)12-4-2-1-3-10(12)7-19-13(17)6-5-11-8-20-9-16-11/h1-4,8-9H,5-7H2,(H2,15,18). The zero-order chi connectivity index (χ0) is 14.4. The van der Waals surface area contributed by atoms with Crippen molar-refractivity contribution < 1.29 is 14.3 Å². The molecular formula is C14H14N2O3S. The lowest BCUT2D eigenvalue weighted by Crippen LogP contribution is -2.15. The van der Waals surface area contributed by atoms with E-state index in [1.807, 2.05) is 5.38 Å². The van der Waals surface area contributed by atoms with E-state index in [9.17, 15) is 9.59 Å². The second-order valence-corrected chi connectivity index (χ2v) is 4.88. The number of carbonyl (C=O) groups is 2. The number of aromatic nitrogens is 1. The van der Waals surface area contributed by atoms with Crippen LogP contribution in [0.4, 0.5) is 0 Å². The van der Waals surface area contributed by atoms with Gasteiger partial charge in [-0.05, 0) is 6.07 Å². The minimum Gasteiger partial charge on any atom is -0.461 e. The second-order valence-electron chi connectivity index (χ2n) is 4.16. The molecule has 6 heteroatoms. The number of thiazole rings is 1. The van der Waals surface area contributed by atoms with E-state index in [1.54, 1.807) is 29.8 Å². The van der Waals surface area contributed by atoms with Crippen molar-refractivity contribution in [2.24, 2.45) is 5.73 Å². The van der Waals surface area contributed by atoms with E-state index < -0.39 is 5.91 Å². The van der Waals surface area contributed by atoms with Gasteiger partial charge in [-0.15, -0.1) is 11.3 Å². The van der Waals surface area contributed by atoms with E-state index in [0.717, 1.165) is 5.69 Å². The Kier molecular flexibility index (Phi) is 4.84. The molecule has 1 amide bonds. The molecule has 0 spiro atoms. The van der Waals surface area contributed by atoms with Gasteiger partial charge in [0.25, 0.3) is 0 Å². The molecule has 0 aliphatic rings. The summed E-state index contributed by atoms with van der Waals surface area (Å²) in [6, 6.07) is 6.81. The number of hydrogen-bond donors (Lipinski definition) is 1. The number of rotatable bonds is 6. The molecule has 5 nitrogen and oxygen atoms in total. The summed E-state index contributed by atoms with van der Waals surface area (Å²) in [6.45, 7) is 0.0506. The van der Waals surface area contributed by atoms with Crippen LogP contribution < -0.4 is 5.73 Å². The Morgan fingerprint density at radius 3 is 2.80 bits per heavy atom. The zero-order valence-corrected chi connectivity index (χ0v) is 11.6. The summed E-state index contributed by atoms with van der Waals surface area (Å²) < 4.78 is 5.15. The van der Waals surface area contributed by atoms with Crippen molar-refractivity contribution in [1.29, 1.82) is 0 Å². The van der Waals surface area contributed by atoms with Crippen molar-refractivity contribution in [3.05, 3.63) is 52.0 Å². The molecule has 0 atom stereocenters. The Morgan fingerprint density at radius 2 is 2.10 bits per heavy atom. The number of esters is 1. The lowest BCUT2D eigenvalue weighted by atomic mass is 10.1. The average Bonchev–Trinajstić information content (AvgIpc) is 2.96. The van der Waals surface area contributed by atoms with Crippen molar-refractivity contribution in [1.82, 2.24) is 4.98 Å². The topological polar surface area (TPSA) is 82.3 Å². The van der Waals surface area contributed by atoms with Crippen LogP contribution in [0.1, 0.15) is 28.0 Å². The van der Waals surface area contributed by atoms with Crippen molar-refractivity contribution in [3.8, 4) is 0 Å². The summed E-state index contributed by atoms with van der Waals surface area (Å²) in [6.07, 6.45) is 0.822. The largest absolute Gasteiger partial charge is 0.461 e. The number of hydrogen-bond acceptors (Lipinski definition) is 5. The van der Waals surface area contributed by atoms with E-state index in [4.69, 9.17) is 10.5 Å². The van der Waals surface area contributed by atoms with Gasteiger partial charge in [0, 0.05) is 22.9 Å². The molecule has 0 radical (unpaired) electrons. The Hall–Kier alpha value is -2.21. The SMILES string of the molecule is NC(=O)c1ccccc1COC(=O)CCc1cscn1. The molecule has 0 saturated heterocycles. The lowest BCUT2D eigenvalue weighted by molar-refractivity contribution is -0.144. The van der Waals surface area contributed by atoms with Gasteiger partial charge in [-0.25, -0.2) is 4.98 Å². The number of nitrogens with zero attached hydrogens (tertiary/aromatic N) is 1. The third-order valence-electron chi connectivity index (χ3n) is 2.74. The van der Waals surface area contributed by atoms with Crippen molar-refractivity contribution in [3.63, 3.8) is 0 Å². The van der Waals surface area contributed by atoms with Gasteiger partial charge in [0.05, 0.1) is 17.6 Å². The normalized spacial score (nSPS) is 10.2. The number of carbonyl (C=O) groups excluding carboxylic acids is 2. The van der Waals surface area contributed by atoms with Crippen LogP contribution in [0, 0.1) is 0 Å². The van der Waals surface area contributed by atoms with Crippen LogP contribution in [0.2, 0.25) is 0 Å². The first-order valence-electron chi connectivity index (χ1n) is 6.07. The van der Waals surface area contributed by atoms with E-state index in [1.165, 1.54) is 11.3 Å². The van der Waals surface area contributed by atoms with Crippen LogP contribution in [0.15, 0.2) is 35.2 Å². The monoisotopic (exact) mass is 290 g/mol. The number of benzene rings is 1. The van der Waals surface area contributed by atoms with Crippen molar-refractivity contribution in [2.75, 3.05) is 0 Å². The van der Waals surface area contributed by atoms with Crippen molar-refractivity contribution in [2.45, 2.75) is 19.4 Å². The van der Waals surface area contributed by atoms with Gasteiger partial charge in [0.1, 0.15) is 6.61 Å². The van der Waals surface area contributed by atoms with Gasteiger partial charge in [0.15, 0.2) is 0 Å². The minimum absolute atomic E-state index is 0.0506. The number of nitrogens with two attached hydrogens (primary N) is 1. The van der Waals surface area contributed by atoms with Gasteiger partial charge in [0.2, 0.25) is 5.91 Å². The summed E-state index contributed by atoms with van der Waals surface area (Å²) >= 11 is 1.49. The van der Waals surface area contributed by atoms with Crippen LogP contribution in [0.25, 0.3) is 0 Å². The maximum atomic E-state index is 11.6. The molecule has 20 heavy (non-hydrogen) atoms. The summed E-state index contributed by atoms with van der Waals surface area (Å²) in [4.78, 5) is 26.9. The smallest absolute Gasteiger partial charge is 0.306 e. The Bertz CT molecular complexity index is 596. The maximum Gasteiger partial charge on any atom is 0.306 e. The molecular weight excluding hydrogens is 276 g/mol. The fraction of sp³-hybridized carbons (Fsp3) is 0.214. The summed E-state index contributed by atoms with van der Waals surface area (Å²) in [5, 5.41) is 1.90. The molecule has 2 N–H and O–H groups in total. The van der Waals surface area contributed by atoms with E-state index in [2.05, 4.69) is 4.98 Å². The molecule has 0 fully saturated rings. The molecule has 0 saturated carbocycles. The number of aryl methyl sites for hydroxylation is 1. The molecule has 1 aromatic carbocycles. The van der Waals surface area contributed by atoms with E-state index >= 15 is 0 Å². The zero-order valence-electron chi connectivity index (χ0n) is 10.7. The van der Waals surface area contributed by atoms with Crippen LogP contribution >= 0.6 is 11.3 Å². The number of amides is 1. The van der Waals surface area contributed by atoms with Crippen LogP contribution in [0.3, 0.4) is 0 Å². The molecule has 0 bridgehead atoms. The highest BCUT2D eigenvalue weighted by Gasteiger charge is 2.10. The summed E-state index contributed by atoms with van der Waals surface area (Å²) in [5.41, 5.74) is 8.85. The first-order chi connectivity index (χ1) is 9.66. The minimum atomic E-state index is -0.529. The Labute approximate surface area is 120 Å². The van der Waals surface area contributed by atoms with E-state index in [-0.39, 0.29) is 19.0 Å². The third kappa shape index (κ3) is 3.89. The predicted octanol–water partition coefficient (Wildman–Crippen LogP) is 1.92. The molecule has 2 rings (SSSR count). The molecule has 0 aliphatic carbocycles. The molecule has 2 aromatic rings. The Balaban J connectivity index is 1.85. The van der Waals surface area contributed by atoms with Gasteiger partial charge >= 0.3 is 5.97 Å². The average molecular weight is 290 g/mol. The first kappa shape index (κ1) is 14.2. The lowest BCUT2D eigenvalue weighted by Gasteiger charge is -2.07. The van der Waals surface area contributed by atoms with Crippen LogP contribution in [-0.2, 0) is 22.6 Å². The highest BCUT2D eigenvalue weighted by Crippen LogP contribution is 2.11. The summed E-state index contributed by atoms with van der Waals surface area (Å²) in [5.74, 6) is -0.851. The highest BCUT2D eigenvalue weighted by atomic mass is 32.1. The van der Waals surface area contributed by atoms with E-state index in [0.29, 0.717) is 17.5 Å². The predicted molar refractivity (Wildman–Crippen MR) is 75.2 cm³/mol. The molecule has 1 aromatic heterocycles. The van der Waals surface area contributed by atoms with Gasteiger partial charge in [-0.3, -0.25) is 9.59 Å². The quantitative estimate of drug-likeness (QED) is 0.824. The number of primary amides is 1. The van der Waals surface area contributed by atoms with Crippen molar-refractivity contribution >= 4 is 23.2 Å². The van der Waals surface area contributed by atoms with Gasteiger partial charge < -0.3 is 10.5 Å². The molecule has 0 unspecified atom stereocenters. The first-order valence-corrected chi connectivity index (χ1v) is 7.01. The van der Waals surface area contributed by atoms with Gasteiger partial charge in [-0.2, -0.15) is 0 Å².